The first-order valence-corrected chi connectivity index (χ1v) is 18.4. The number of hydrogen-bond donors (Lipinski definition) is 3. The van der Waals surface area contributed by atoms with Crippen LogP contribution >= 0.6 is 18.9 Å². The van der Waals surface area contributed by atoms with Gasteiger partial charge >= 0.3 is 13.3 Å². The Labute approximate surface area is 291 Å². The van der Waals surface area contributed by atoms with Crippen molar-refractivity contribution in [3.05, 3.63) is 100 Å². The van der Waals surface area contributed by atoms with Gasteiger partial charge in [-0.05, 0) is 46.2 Å². The number of alkyl halides is 2. The second-order valence-corrected chi connectivity index (χ2v) is 16.3. The van der Waals surface area contributed by atoms with E-state index in [0.29, 0.717) is 24.3 Å². The Bertz CT molecular complexity index is 1980. The number of hydrogen-bond acceptors (Lipinski definition) is 7. The molecule has 2 aliphatic rings. The van der Waals surface area contributed by atoms with Gasteiger partial charge in [0.05, 0.1) is 18.0 Å². The molecule has 2 unspecified atom stereocenters. The minimum absolute atomic E-state index is 0.116. The first kappa shape index (κ1) is 35.7. The van der Waals surface area contributed by atoms with Crippen molar-refractivity contribution >= 4 is 46.7 Å². The van der Waals surface area contributed by atoms with Crippen LogP contribution in [0.3, 0.4) is 0 Å². The molecule has 2 aliphatic heterocycles. The first-order valence-electron chi connectivity index (χ1n) is 16.0. The lowest BCUT2D eigenvalue weighted by atomic mass is 9.84. The lowest BCUT2D eigenvalue weighted by molar-refractivity contribution is -0.153. The van der Waals surface area contributed by atoms with Gasteiger partial charge in [0, 0.05) is 47.7 Å². The molecule has 264 valence electrons. The van der Waals surface area contributed by atoms with Gasteiger partial charge in [0.15, 0.2) is 0 Å². The maximum Gasteiger partial charge on any atom is 0.399 e. The molecule has 0 radical (unpaired) electrons. The van der Waals surface area contributed by atoms with Gasteiger partial charge in [0.1, 0.15) is 18.2 Å². The maximum atomic E-state index is 14.6. The minimum atomic E-state index is -5.79. The fraction of sp³-hybridized carbons (Fsp3) is 0.371. The molecule has 11 nitrogen and oxygen atoms in total. The third kappa shape index (κ3) is 7.08. The molecule has 3 amide bonds. The summed E-state index contributed by atoms with van der Waals surface area (Å²) < 4.78 is 46.6. The summed E-state index contributed by atoms with van der Waals surface area (Å²) in [4.78, 5) is 68.5. The third-order valence-electron chi connectivity index (χ3n) is 9.09. The van der Waals surface area contributed by atoms with Crippen LogP contribution in [0.1, 0.15) is 58.8 Å². The monoisotopic (exact) mass is 726 g/mol. The number of pyridine rings is 1. The quantitative estimate of drug-likeness (QED) is 0.220. The highest BCUT2D eigenvalue weighted by atomic mass is 32.1. The van der Waals surface area contributed by atoms with Crippen molar-refractivity contribution in [3.63, 3.8) is 0 Å². The molecule has 6 rings (SSSR count). The Morgan fingerprint density at radius 2 is 1.80 bits per heavy atom. The smallest absolute Gasteiger partial charge is 0.370 e. The number of thiophene rings is 1. The van der Waals surface area contributed by atoms with E-state index in [2.05, 4.69) is 10.3 Å². The zero-order valence-electron chi connectivity index (χ0n) is 27.6. The number of aromatic nitrogens is 1. The van der Waals surface area contributed by atoms with Crippen LogP contribution in [0.5, 0.6) is 0 Å². The molecular formula is C35H37F2N4O7PS. The van der Waals surface area contributed by atoms with Crippen LogP contribution in [0.25, 0.3) is 10.1 Å². The molecule has 1 saturated heterocycles. The van der Waals surface area contributed by atoms with Crippen molar-refractivity contribution in [2.45, 2.75) is 57.6 Å². The second-order valence-electron chi connectivity index (χ2n) is 13.6. The van der Waals surface area contributed by atoms with Crippen molar-refractivity contribution in [3.8, 4) is 0 Å². The predicted molar refractivity (Wildman–Crippen MR) is 182 cm³/mol. The molecule has 50 heavy (non-hydrogen) atoms. The van der Waals surface area contributed by atoms with Gasteiger partial charge in [-0.25, -0.2) is 0 Å². The van der Waals surface area contributed by atoms with Crippen LogP contribution in [0.4, 0.5) is 8.78 Å². The summed E-state index contributed by atoms with van der Waals surface area (Å²) in [5.74, 6) is -1.30. The number of morpholine rings is 1. The molecular weight excluding hydrogens is 689 g/mol. The second kappa shape index (κ2) is 13.6. The topological polar surface area (TPSA) is 149 Å². The van der Waals surface area contributed by atoms with E-state index >= 15 is 0 Å². The number of halogens is 2. The highest BCUT2D eigenvalue weighted by molar-refractivity contribution is 7.52. The Balaban J connectivity index is 1.27. The summed E-state index contributed by atoms with van der Waals surface area (Å²) in [6.07, 6.45) is 3.28. The van der Waals surface area contributed by atoms with Crippen molar-refractivity contribution < 1.29 is 42.3 Å². The number of carbonyl (C=O) groups is 3. The van der Waals surface area contributed by atoms with E-state index in [1.807, 2.05) is 30.3 Å². The van der Waals surface area contributed by atoms with Gasteiger partial charge in [-0.2, -0.15) is 8.78 Å². The zero-order valence-corrected chi connectivity index (χ0v) is 29.3. The van der Waals surface area contributed by atoms with Crippen molar-refractivity contribution in [2.24, 2.45) is 5.41 Å². The maximum absolute atomic E-state index is 14.6. The van der Waals surface area contributed by atoms with Gasteiger partial charge < -0.3 is 29.6 Å². The summed E-state index contributed by atoms with van der Waals surface area (Å²) in [7, 11) is -5.79. The van der Waals surface area contributed by atoms with Gasteiger partial charge in [0.2, 0.25) is 11.8 Å². The number of nitrogens with zero attached hydrogens (tertiary/aromatic N) is 3. The molecule has 1 fully saturated rings. The number of ether oxygens (including phenoxy) is 1. The summed E-state index contributed by atoms with van der Waals surface area (Å²) in [6.45, 7) is 6.51. The normalized spacial score (nSPS) is 19.2. The number of carbonyl (C=O) groups excluding carboxylic acids is 3. The standard InChI is InChI=1S/C35H37F2N4O7PS/c1-34(2,3)30(39-31(42)29-17-24-15-25(10-11-28(24)50-29)35(36,37)49(45,46)47)33(44)41-19-23-8-5-4-7-21(23)16-26(41)32(43)40-13-14-48-27(20-40)22-9-6-12-38-18-22/h4-12,15,17-18,26-27,30H,13-14,16,19-20H2,1-3H3,(H,39,42)(H2,45,46,47)/t26-,27?,30?/m0/s1. The summed E-state index contributed by atoms with van der Waals surface area (Å²) in [6, 6.07) is 13.9. The molecule has 3 N–H and O–H groups in total. The summed E-state index contributed by atoms with van der Waals surface area (Å²) in [5.41, 5.74) is -3.40. The molecule has 4 heterocycles. The van der Waals surface area contributed by atoms with E-state index in [1.165, 1.54) is 17.0 Å². The van der Waals surface area contributed by atoms with Crippen LogP contribution < -0.4 is 5.32 Å². The fourth-order valence-corrected chi connectivity index (χ4v) is 7.75. The molecule has 0 bridgehead atoms. The van der Waals surface area contributed by atoms with Gasteiger partial charge in [-0.3, -0.25) is 23.9 Å². The molecule has 0 saturated carbocycles. The molecule has 3 atom stereocenters. The Morgan fingerprint density at radius 1 is 1.06 bits per heavy atom. The van der Waals surface area contributed by atoms with Gasteiger partial charge in [0.25, 0.3) is 5.91 Å². The number of fused-ring (bicyclic) bond motifs is 2. The van der Waals surface area contributed by atoms with E-state index in [0.717, 1.165) is 40.2 Å². The average Bonchev–Trinajstić information content (AvgIpc) is 3.53. The molecule has 15 heteroatoms. The van der Waals surface area contributed by atoms with E-state index in [9.17, 15) is 37.5 Å². The zero-order chi connectivity index (χ0) is 36.0. The molecule has 2 aromatic heterocycles. The summed E-state index contributed by atoms with van der Waals surface area (Å²) >= 11 is 0.992. The fourth-order valence-electron chi connectivity index (χ4n) is 6.33. The highest BCUT2D eigenvalue weighted by Crippen LogP contribution is 2.59. The highest BCUT2D eigenvalue weighted by Gasteiger charge is 2.50. The molecule has 2 aromatic carbocycles. The third-order valence-corrected chi connectivity index (χ3v) is 11.2. The minimum Gasteiger partial charge on any atom is -0.370 e. The van der Waals surface area contributed by atoms with Crippen molar-refractivity contribution in [2.75, 3.05) is 19.7 Å². The van der Waals surface area contributed by atoms with E-state index < -0.39 is 48.1 Å². The molecule has 0 aliphatic carbocycles. The average molecular weight is 727 g/mol. The lowest BCUT2D eigenvalue weighted by Crippen LogP contribution is -2.61. The van der Waals surface area contributed by atoms with Crippen LogP contribution in [-0.2, 0) is 37.5 Å². The lowest BCUT2D eigenvalue weighted by Gasteiger charge is -2.43. The first-order chi connectivity index (χ1) is 23.5. The number of nitrogens with one attached hydrogen (secondary N) is 1. The molecule has 4 aromatic rings. The summed E-state index contributed by atoms with van der Waals surface area (Å²) in [5, 5.41) is 3.04. The van der Waals surface area contributed by atoms with Crippen LogP contribution in [0.15, 0.2) is 73.1 Å². The van der Waals surface area contributed by atoms with E-state index in [1.54, 1.807) is 44.1 Å². The predicted octanol–water partition coefficient (Wildman–Crippen LogP) is 5.22. The van der Waals surface area contributed by atoms with E-state index in [-0.39, 0.29) is 35.4 Å². The molecule has 0 spiro atoms. The van der Waals surface area contributed by atoms with Crippen LogP contribution in [0, 0.1) is 5.41 Å². The largest absolute Gasteiger partial charge is 0.399 e. The van der Waals surface area contributed by atoms with Crippen LogP contribution in [0.2, 0.25) is 0 Å². The van der Waals surface area contributed by atoms with E-state index in [4.69, 9.17) is 4.74 Å². The Kier molecular flexibility index (Phi) is 9.70. The number of benzene rings is 2. The number of amides is 3. The van der Waals surface area contributed by atoms with Crippen LogP contribution in [-0.4, -0.2) is 74.1 Å². The van der Waals surface area contributed by atoms with Crippen molar-refractivity contribution in [1.82, 2.24) is 20.1 Å². The number of rotatable bonds is 7. The van der Waals surface area contributed by atoms with Crippen molar-refractivity contribution in [1.29, 1.82) is 0 Å². The SMILES string of the molecule is CC(C)(C)C(NC(=O)c1cc2cc(C(F)(F)P(=O)(O)O)ccc2s1)C(=O)N1Cc2ccccc2C[C@H]1C(=O)N1CCOC(c2cccnc2)C1. The van der Waals surface area contributed by atoms with Gasteiger partial charge in [-0.15, -0.1) is 11.3 Å². The Hall–Kier alpha value is -4.07. The van der Waals surface area contributed by atoms with Gasteiger partial charge in [-0.1, -0.05) is 57.2 Å². The Morgan fingerprint density at radius 3 is 2.48 bits per heavy atom.